The van der Waals surface area contributed by atoms with Crippen molar-refractivity contribution in [1.29, 1.82) is 0 Å². The molecular weight excluding hydrogens is 306 g/mol. The van der Waals surface area contributed by atoms with E-state index in [1.165, 1.54) is 7.11 Å². The van der Waals surface area contributed by atoms with Crippen molar-refractivity contribution in [2.24, 2.45) is 0 Å². The lowest BCUT2D eigenvalue weighted by atomic mass is 10.3. The third-order valence-corrected chi connectivity index (χ3v) is 2.62. The summed E-state index contributed by atoms with van der Waals surface area (Å²) >= 11 is 6.18. The molecule has 0 bridgehead atoms. The second-order valence-electron chi connectivity index (χ2n) is 2.20. The number of benzene rings is 1. The van der Waals surface area contributed by atoms with Crippen molar-refractivity contribution in [2.75, 3.05) is 7.11 Å². The van der Waals surface area contributed by atoms with Gasteiger partial charge in [-0.15, -0.1) is 0 Å². The molecule has 0 N–H and O–H groups in total. The van der Waals surface area contributed by atoms with Crippen LogP contribution in [-0.4, -0.2) is 12.0 Å². The van der Waals surface area contributed by atoms with Crippen molar-refractivity contribution in [3.05, 3.63) is 31.2 Å². The van der Waals surface area contributed by atoms with E-state index in [1.54, 1.807) is 12.1 Å². The Labute approximate surface area is 91.3 Å². The first kappa shape index (κ1) is 10.5. The molecule has 0 aromatic heterocycles. The standard InChI is InChI=1S/C7H5Br2NO3/c1-13-4-2-5(8)7(10(11)12)6(9)3-4/h2-3H,1H3. The molecule has 6 heteroatoms. The van der Waals surface area contributed by atoms with Gasteiger partial charge in [0.05, 0.1) is 12.0 Å². The quantitative estimate of drug-likeness (QED) is 0.623. The minimum atomic E-state index is -0.465. The number of hydrogen-bond donors (Lipinski definition) is 0. The molecular formula is C7H5Br2NO3. The molecule has 0 amide bonds. The van der Waals surface area contributed by atoms with Crippen molar-refractivity contribution < 1.29 is 9.66 Å². The van der Waals surface area contributed by atoms with Gasteiger partial charge in [0.1, 0.15) is 14.7 Å². The average Bonchev–Trinajstić information content (AvgIpc) is 2.02. The molecule has 0 heterocycles. The molecule has 0 saturated heterocycles. The highest BCUT2D eigenvalue weighted by molar-refractivity contribution is 9.11. The molecule has 0 aliphatic carbocycles. The maximum atomic E-state index is 10.5. The van der Waals surface area contributed by atoms with Crippen LogP contribution in [-0.2, 0) is 0 Å². The number of hydrogen-bond acceptors (Lipinski definition) is 3. The molecule has 0 saturated carbocycles. The molecule has 1 aromatic rings. The summed E-state index contributed by atoms with van der Waals surface area (Å²) in [5, 5.41) is 10.5. The summed E-state index contributed by atoms with van der Waals surface area (Å²) in [5.41, 5.74) is 0.000741. The van der Waals surface area contributed by atoms with Crippen LogP contribution in [0.2, 0.25) is 0 Å². The zero-order valence-corrected chi connectivity index (χ0v) is 9.75. The second kappa shape index (κ2) is 4.06. The van der Waals surface area contributed by atoms with Gasteiger partial charge in [0.15, 0.2) is 0 Å². The molecule has 0 unspecified atom stereocenters. The van der Waals surface area contributed by atoms with Crippen LogP contribution in [0.1, 0.15) is 0 Å². The monoisotopic (exact) mass is 309 g/mol. The van der Waals surface area contributed by atoms with E-state index in [1.807, 2.05) is 0 Å². The van der Waals surface area contributed by atoms with Crippen LogP contribution in [0, 0.1) is 10.1 Å². The molecule has 0 aliphatic heterocycles. The average molecular weight is 311 g/mol. The number of methoxy groups -OCH3 is 1. The summed E-state index contributed by atoms with van der Waals surface area (Å²) in [6.07, 6.45) is 0. The first-order valence-corrected chi connectivity index (χ1v) is 4.82. The van der Waals surface area contributed by atoms with Gasteiger partial charge in [0, 0.05) is 12.1 Å². The molecule has 4 nitrogen and oxygen atoms in total. The van der Waals surface area contributed by atoms with Crippen molar-refractivity contribution in [3.8, 4) is 5.75 Å². The van der Waals surface area contributed by atoms with Crippen LogP contribution in [0.4, 0.5) is 5.69 Å². The third kappa shape index (κ3) is 2.19. The smallest absolute Gasteiger partial charge is 0.297 e. The Morgan fingerprint density at radius 2 is 1.85 bits per heavy atom. The number of ether oxygens (including phenoxy) is 1. The lowest BCUT2D eigenvalue weighted by Gasteiger charge is -2.02. The van der Waals surface area contributed by atoms with Crippen LogP contribution < -0.4 is 4.74 Å². The summed E-state index contributed by atoms with van der Waals surface area (Å²) < 4.78 is 5.71. The van der Waals surface area contributed by atoms with Gasteiger partial charge in [-0.1, -0.05) is 0 Å². The Morgan fingerprint density at radius 3 is 2.15 bits per heavy atom. The predicted octanol–water partition coefficient (Wildman–Crippen LogP) is 3.13. The fraction of sp³-hybridized carbons (Fsp3) is 0.143. The summed E-state index contributed by atoms with van der Waals surface area (Å²) in [6, 6.07) is 3.09. The number of halogens is 2. The molecule has 0 radical (unpaired) electrons. The summed E-state index contributed by atoms with van der Waals surface area (Å²) in [6.45, 7) is 0. The molecule has 0 spiro atoms. The molecule has 1 rings (SSSR count). The van der Waals surface area contributed by atoms with Gasteiger partial charge in [-0.05, 0) is 31.9 Å². The molecule has 0 fully saturated rings. The summed E-state index contributed by atoms with van der Waals surface area (Å²) in [7, 11) is 1.50. The molecule has 0 atom stereocenters. The first-order valence-electron chi connectivity index (χ1n) is 3.23. The SMILES string of the molecule is COc1cc(Br)c([N+](=O)[O-])c(Br)c1. The van der Waals surface area contributed by atoms with Gasteiger partial charge in [0.25, 0.3) is 5.69 Å². The second-order valence-corrected chi connectivity index (χ2v) is 3.91. The lowest BCUT2D eigenvalue weighted by Crippen LogP contribution is -1.92. The highest BCUT2D eigenvalue weighted by Crippen LogP contribution is 2.36. The Kier molecular flexibility index (Phi) is 3.27. The van der Waals surface area contributed by atoms with Crippen molar-refractivity contribution in [1.82, 2.24) is 0 Å². The van der Waals surface area contributed by atoms with Crippen LogP contribution in [0.15, 0.2) is 21.1 Å². The van der Waals surface area contributed by atoms with Crippen molar-refractivity contribution in [2.45, 2.75) is 0 Å². The van der Waals surface area contributed by atoms with E-state index in [0.29, 0.717) is 14.7 Å². The lowest BCUT2D eigenvalue weighted by molar-refractivity contribution is -0.386. The maximum absolute atomic E-state index is 10.5. The Balaban J connectivity index is 3.31. The van der Waals surface area contributed by atoms with Gasteiger partial charge in [-0.2, -0.15) is 0 Å². The molecule has 70 valence electrons. The van der Waals surface area contributed by atoms with E-state index in [-0.39, 0.29) is 5.69 Å². The molecule has 0 aliphatic rings. The minimum Gasteiger partial charge on any atom is -0.497 e. The summed E-state index contributed by atoms with van der Waals surface area (Å²) in [4.78, 5) is 10.1. The van der Waals surface area contributed by atoms with Crippen LogP contribution in [0.5, 0.6) is 5.75 Å². The Hall–Kier alpha value is -0.620. The fourth-order valence-corrected chi connectivity index (χ4v) is 2.27. The number of rotatable bonds is 2. The van der Waals surface area contributed by atoms with E-state index < -0.39 is 4.92 Å². The third-order valence-electron chi connectivity index (χ3n) is 1.41. The Bertz CT molecular complexity index is 331. The normalized spacial score (nSPS) is 9.77. The highest BCUT2D eigenvalue weighted by atomic mass is 79.9. The largest absolute Gasteiger partial charge is 0.497 e. The number of nitrogens with zero attached hydrogens (tertiary/aromatic N) is 1. The summed E-state index contributed by atoms with van der Waals surface area (Å²) in [5.74, 6) is 0.560. The van der Waals surface area contributed by atoms with Gasteiger partial charge < -0.3 is 4.74 Å². The molecule has 1 aromatic carbocycles. The fourth-order valence-electron chi connectivity index (χ4n) is 0.835. The van der Waals surface area contributed by atoms with Gasteiger partial charge in [0.2, 0.25) is 0 Å². The van der Waals surface area contributed by atoms with Crippen LogP contribution in [0.3, 0.4) is 0 Å². The minimum absolute atomic E-state index is 0.000741. The van der Waals surface area contributed by atoms with Crippen molar-refractivity contribution >= 4 is 37.5 Å². The zero-order valence-electron chi connectivity index (χ0n) is 6.58. The topological polar surface area (TPSA) is 52.4 Å². The van der Waals surface area contributed by atoms with Gasteiger partial charge in [-0.25, -0.2) is 0 Å². The van der Waals surface area contributed by atoms with Gasteiger partial charge in [-0.3, -0.25) is 10.1 Å². The van der Waals surface area contributed by atoms with Crippen molar-refractivity contribution in [3.63, 3.8) is 0 Å². The van der Waals surface area contributed by atoms with E-state index in [9.17, 15) is 10.1 Å². The van der Waals surface area contributed by atoms with E-state index in [2.05, 4.69) is 31.9 Å². The number of nitro benzene ring substituents is 1. The first-order chi connectivity index (χ1) is 6.06. The molecule has 13 heavy (non-hydrogen) atoms. The van der Waals surface area contributed by atoms with Crippen LogP contribution >= 0.6 is 31.9 Å². The predicted molar refractivity (Wildman–Crippen MR) is 55.0 cm³/mol. The van der Waals surface area contributed by atoms with E-state index in [0.717, 1.165) is 0 Å². The van der Waals surface area contributed by atoms with Gasteiger partial charge >= 0.3 is 0 Å². The highest BCUT2D eigenvalue weighted by Gasteiger charge is 2.17. The van der Waals surface area contributed by atoms with E-state index in [4.69, 9.17) is 4.74 Å². The zero-order chi connectivity index (χ0) is 10.0. The number of nitro groups is 1. The van der Waals surface area contributed by atoms with Crippen LogP contribution in [0.25, 0.3) is 0 Å². The van der Waals surface area contributed by atoms with E-state index >= 15 is 0 Å². The Morgan fingerprint density at radius 1 is 1.38 bits per heavy atom. The maximum Gasteiger partial charge on any atom is 0.297 e.